The van der Waals surface area contributed by atoms with Gasteiger partial charge in [0.15, 0.2) is 16.3 Å². The van der Waals surface area contributed by atoms with Crippen LogP contribution in [0.4, 0.5) is 0 Å². The van der Waals surface area contributed by atoms with Crippen molar-refractivity contribution in [2.24, 2.45) is 4.99 Å². The smallest absolute Gasteiger partial charge is 0.266 e. The standard InChI is InChI=1S/C17H21N3O5S3/c1-26-7-6-19-12-8-13-14(25-10-24-13)9-15(12)27-17(19)18-16(21)11-4-3-5-20(11)28(2,22)23/h8-9,11H,3-7,10H2,1-2H3. The fraction of sp³-hybridized carbons (Fsp3) is 0.529. The second-order valence-corrected chi connectivity index (χ2v) is 10.6. The van der Waals surface area contributed by atoms with E-state index in [9.17, 15) is 13.2 Å². The lowest BCUT2D eigenvalue weighted by Crippen LogP contribution is -2.40. The van der Waals surface area contributed by atoms with Crippen LogP contribution in [0.2, 0.25) is 0 Å². The number of carbonyl (C=O) groups is 1. The average Bonchev–Trinajstić information content (AvgIpc) is 3.35. The number of fused-ring (bicyclic) bond motifs is 2. The third-order valence-electron chi connectivity index (χ3n) is 4.82. The Morgan fingerprint density at radius 2 is 2.11 bits per heavy atom. The molecule has 0 saturated carbocycles. The molecular weight excluding hydrogens is 422 g/mol. The van der Waals surface area contributed by atoms with Gasteiger partial charge < -0.3 is 14.0 Å². The molecule has 0 spiro atoms. The number of thiazole rings is 1. The summed E-state index contributed by atoms with van der Waals surface area (Å²) >= 11 is 3.10. The molecule has 8 nitrogen and oxygen atoms in total. The van der Waals surface area contributed by atoms with Gasteiger partial charge in [-0.05, 0) is 19.1 Å². The van der Waals surface area contributed by atoms with E-state index in [4.69, 9.17) is 9.47 Å². The van der Waals surface area contributed by atoms with Gasteiger partial charge in [0.25, 0.3) is 5.91 Å². The lowest BCUT2D eigenvalue weighted by atomic mass is 10.2. The second kappa shape index (κ2) is 7.69. The summed E-state index contributed by atoms with van der Waals surface area (Å²) < 4.78 is 39.1. The Hall–Kier alpha value is -1.56. The first-order valence-corrected chi connectivity index (χ1v) is 12.9. The van der Waals surface area contributed by atoms with Crippen molar-refractivity contribution in [3.63, 3.8) is 0 Å². The Morgan fingerprint density at radius 3 is 2.82 bits per heavy atom. The molecule has 0 N–H and O–H groups in total. The number of sulfonamides is 1. The highest BCUT2D eigenvalue weighted by Gasteiger charge is 2.36. The van der Waals surface area contributed by atoms with Crippen LogP contribution in [0, 0.1) is 0 Å². The van der Waals surface area contributed by atoms with Crippen LogP contribution in [0.3, 0.4) is 0 Å². The molecule has 1 aromatic carbocycles. The molecule has 0 radical (unpaired) electrons. The van der Waals surface area contributed by atoms with Gasteiger partial charge in [0.2, 0.25) is 16.8 Å². The van der Waals surface area contributed by atoms with Gasteiger partial charge in [-0.25, -0.2) is 8.42 Å². The van der Waals surface area contributed by atoms with E-state index in [1.165, 1.54) is 15.6 Å². The molecule has 2 aromatic rings. The lowest BCUT2D eigenvalue weighted by Gasteiger charge is -2.18. The molecule has 4 rings (SSSR count). The van der Waals surface area contributed by atoms with Crippen molar-refractivity contribution in [1.29, 1.82) is 0 Å². The Balaban J connectivity index is 1.77. The van der Waals surface area contributed by atoms with Crippen LogP contribution in [0.25, 0.3) is 10.2 Å². The Kier molecular flexibility index (Phi) is 5.43. The number of benzene rings is 1. The van der Waals surface area contributed by atoms with Crippen molar-refractivity contribution < 1.29 is 22.7 Å². The maximum Gasteiger partial charge on any atom is 0.266 e. The molecule has 1 fully saturated rings. The minimum atomic E-state index is -3.43. The molecule has 1 unspecified atom stereocenters. The first-order chi connectivity index (χ1) is 13.4. The number of nitrogens with zero attached hydrogens (tertiary/aromatic N) is 3. The molecule has 1 saturated heterocycles. The highest BCUT2D eigenvalue weighted by Crippen LogP contribution is 2.37. The van der Waals surface area contributed by atoms with Crippen molar-refractivity contribution in [2.75, 3.05) is 31.6 Å². The number of hydrogen-bond acceptors (Lipinski definition) is 7. The maximum absolute atomic E-state index is 12.8. The van der Waals surface area contributed by atoms with Crippen molar-refractivity contribution >= 4 is 49.2 Å². The first-order valence-electron chi connectivity index (χ1n) is 8.86. The Morgan fingerprint density at radius 1 is 1.36 bits per heavy atom. The highest BCUT2D eigenvalue weighted by molar-refractivity contribution is 7.98. The maximum atomic E-state index is 12.8. The van der Waals surface area contributed by atoms with Gasteiger partial charge in [-0.15, -0.1) is 0 Å². The second-order valence-electron chi connectivity index (χ2n) is 6.68. The Labute approximate surface area is 171 Å². The molecule has 1 amide bonds. The third-order valence-corrected chi connectivity index (χ3v) is 7.74. The Bertz CT molecular complexity index is 1090. The number of rotatable bonds is 5. The van der Waals surface area contributed by atoms with E-state index in [1.54, 1.807) is 11.8 Å². The van der Waals surface area contributed by atoms with Crippen molar-refractivity contribution in [2.45, 2.75) is 25.4 Å². The monoisotopic (exact) mass is 443 g/mol. The minimum Gasteiger partial charge on any atom is -0.454 e. The number of thioether (sulfide) groups is 1. The summed E-state index contributed by atoms with van der Waals surface area (Å²) in [4.78, 5) is 17.8. The molecule has 2 aliphatic rings. The first kappa shape index (κ1) is 19.7. The number of aromatic nitrogens is 1. The van der Waals surface area contributed by atoms with E-state index < -0.39 is 22.0 Å². The van der Waals surface area contributed by atoms with E-state index in [2.05, 4.69) is 4.99 Å². The van der Waals surface area contributed by atoms with Crippen LogP contribution >= 0.6 is 23.1 Å². The third kappa shape index (κ3) is 3.68. The molecular formula is C17H21N3O5S3. The van der Waals surface area contributed by atoms with E-state index in [0.717, 1.165) is 22.2 Å². The van der Waals surface area contributed by atoms with Crippen LogP contribution in [0.1, 0.15) is 12.8 Å². The molecule has 1 atom stereocenters. The fourth-order valence-electron chi connectivity index (χ4n) is 3.50. The van der Waals surface area contributed by atoms with Gasteiger partial charge in [0.1, 0.15) is 6.04 Å². The number of aryl methyl sites for hydroxylation is 1. The highest BCUT2D eigenvalue weighted by atomic mass is 32.2. The van der Waals surface area contributed by atoms with E-state index in [1.807, 2.05) is 23.0 Å². The fourth-order valence-corrected chi connectivity index (χ4v) is 6.05. The van der Waals surface area contributed by atoms with Crippen LogP contribution < -0.4 is 14.3 Å². The minimum absolute atomic E-state index is 0.205. The number of hydrogen-bond donors (Lipinski definition) is 0. The summed E-state index contributed by atoms with van der Waals surface area (Å²) in [6.07, 6.45) is 4.33. The lowest BCUT2D eigenvalue weighted by molar-refractivity contribution is -0.121. The zero-order valence-corrected chi connectivity index (χ0v) is 18.0. The summed E-state index contributed by atoms with van der Waals surface area (Å²) in [5.74, 6) is 1.82. The van der Waals surface area contributed by atoms with E-state index in [0.29, 0.717) is 42.2 Å². The summed E-state index contributed by atoms with van der Waals surface area (Å²) in [6.45, 7) is 1.26. The van der Waals surface area contributed by atoms with Crippen LogP contribution in [-0.2, 0) is 21.4 Å². The molecule has 1 aromatic heterocycles. The largest absolute Gasteiger partial charge is 0.454 e. The van der Waals surface area contributed by atoms with Gasteiger partial charge >= 0.3 is 0 Å². The van der Waals surface area contributed by atoms with Crippen LogP contribution in [-0.4, -0.2) is 60.8 Å². The zero-order chi connectivity index (χ0) is 19.9. The molecule has 0 aliphatic carbocycles. The van der Waals surface area contributed by atoms with Crippen LogP contribution in [0.15, 0.2) is 17.1 Å². The molecule has 2 aliphatic heterocycles. The van der Waals surface area contributed by atoms with Crippen molar-refractivity contribution in [3.8, 4) is 11.5 Å². The number of carbonyl (C=O) groups excluding carboxylic acids is 1. The van der Waals surface area contributed by atoms with Crippen LogP contribution in [0.5, 0.6) is 11.5 Å². The molecule has 11 heteroatoms. The summed E-state index contributed by atoms with van der Waals surface area (Å²) in [5, 5.41) is 0. The molecule has 28 heavy (non-hydrogen) atoms. The topological polar surface area (TPSA) is 90.2 Å². The van der Waals surface area contributed by atoms with E-state index in [-0.39, 0.29) is 6.79 Å². The van der Waals surface area contributed by atoms with Gasteiger partial charge in [-0.2, -0.15) is 21.1 Å². The molecule has 152 valence electrons. The molecule has 3 heterocycles. The normalized spacial score (nSPS) is 20.4. The van der Waals surface area contributed by atoms with Crippen molar-refractivity contribution in [1.82, 2.24) is 8.87 Å². The van der Waals surface area contributed by atoms with Crippen molar-refractivity contribution in [3.05, 3.63) is 16.9 Å². The number of ether oxygens (including phenoxy) is 2. The van der Waals surface area contributed by atoms with Gasteiger partial charge in [0.05, 0.1) is 16.5 Å². The zero-order valence-electron chi connectivity index (χ0n) is 15.6. The summed E-state index contributed by atoms with van der Waals surface area (Å²) in [6, 6.07) is 3.10. The average molecular weight is 444 g/mol. The predicted octanol–water partition coefficient (Wildman–Crippen LogP) is 1.65. The SMILES string of the molecule is CSCCn1c(=NC(=O)C2CCCN2S(C)(=O)=O)sc2cc3c(cc21)OCO3. The van der Waals surface area contributed by atoms with Gasteiger partial charge in [0, 0.05) is 31.0 Å². The molecule has 0 bridgehead atoms. The summed E-state index contributed by atoms with van der Waals surface area (Å²) in [7, 11) is -3.43. The quantitative estimate of drug-likeness (QED) is 0.698. The number of amides is 1. The van der Waals surface area contributed by atoms with Gasteiger partial charge in [-0.1, -0.05) is 11.3 Å². The van der Waals surface area contributed by atoms with Gasteiger partial charge in [-0.3, -0.25) is 4.79 Å². The predicted molar refractivity (Wildman–Crippen MR) is 109 cm³/mol. The summed E-state index contributed by atoms with van der Waals surface area (Å²) in [5.41, 5.74) is 0.932. The van der Waals surface area contributed by atoms with E-state index >= 15 is 0 Å².